The molecule has 0 saturated heterocycles. The first-order chi connectivity index (χ1) is 21.8. The topological polar surface area (TPSA) is 139 Å². The highest BCUT2D eigenvalue weighted by molar-refractivity contribution is 7.92. The largest absolute Gasteiger partial charge is 0.495 e. The van der Waals surface area contributed by atoms with Gasteiger partial charge >= 0.3 is 0 Å². The molecule has 14 heteroatoms. The standard InChI is InChI=1S/C32H36Cl2N4O7S/c1-4-27(32(40)35-25-7-5-6-8-25)36(19-22-10-12-23(33)13-11-22)31(39)20-37(29-17-24(34)14-16-30(29)45-3)46(43,44)26-15-9-21(2)28(18-26)38(41)42/h9-18,25,27H,4-8,19-20H2,1-3H3,(H,35,40)/t27-/m0/s1. The van der Waals surface area contributed by atoms with Gasteiger partial charge in [0.25, 0.3) is 15.7 Å². The van der Waals surface area contributed by atoms with Crippen molar-refractivity contribution >= 4 is 56.4 Å². The van der Waals surface area contributed by atoms with E-state index in [-0.39, 0.29) is 46.9 Å². The number of hydrogen-bond acceptors (Lipinski definition) is 7. The smallest absolute Gasteiger partial charge is 0.273 e. The van der Waals surface area contributed by atoms with Gasteiger partial charge in [0.2, 0.25) is 11.8 Å². The molecule has 1 aliphatic carbocycles. The van der Waals surface area contributed by atoms with E-state index in [0.717, 1.165) is 36.1 Å². The van der Waals surface area contributed by atoms with Gasteiger partial charge in [0.15, 0.2) is 0 Å². The van der Waals surface area contributed by atoms with E-state index in [1.165, 1.54) is 49.3 Å². The summed E-state index contributed by atoms with van der Waals surface area (Å²) in [5.74, 6) is -0.922. The molecule has 4 rings (SSSR count). The molecule has 0 aromatic heterocycles. The fourth-order valence-electron chi connectivity index (χ4n) is 5.52. The minimum Gasteiger partial charge on any atom is -0.495 e. The van der Waals surface area contributed by atoms with Gasteiger partial charge in [0.1, 0.15) is 18.3 Å². The van der Waals surface area contributed by atoms with Gasteiger partial charge in [0, 0.05) is 34.3 Å². The van der Waals surface area contributed by atoms with Crippen LogP contribution in [0.3, 0.4) is 0 Å². The molecule has 3 aromatic rings. The SMILES string of the molecule is CC[C@@H](C(=O)NC1CCCC1)N(Cc1ccc(Cl)cc1)C(=O)CN(c1cc(Cl)ccc1OC)S(=O)(=O)c1ccc(C)c([N+](=O)[O-])c1. The Labute approximate surface area is 278 Å². The van der Waals surface area contributed by atoms with E-state index in [1.807, 2.05) is 0 Å². The average Bonchev–Trinajstić information content (AvgIpc) is 3.53. The molecule has 1 N–H and O–H groups in total. The minimum atomic E-state index is -4.63. The van der Waals surface area contributed by atoms with Crippen molar-refractivity contribution in [2.24, 2.45) is 0 Å². The number of nitrogens with one attached hydrogen (secondary N) is 1. The molecule has 246 valence electrons. The molecule has 1 saturated carbocycles. The van der Waals surface area contributed by atoms with Crippen LogP contribution in [0.2, 0.25) is 10.0 Å². The molecule has 2 amide bonds. The zero-order valence-corrected chi connectivity index (χ0v) is 28.1. The van der Waals surface area contributed by atoms with E-state index < -0.39 is 44.0 Å². The Balaban J connectivity index is 1.81. The van der Waals surface area contributed by atoms with Crippen molar-refractivity contribution in [3.05, 3.63) is 92.0 Å². The number of carbonyl (C=O) groups excluding carboxylic acids is 2. The number of carbonyl (C=O) groups is 2. The van der Waals surface area contributed by atoms with Gasteiger partial charge in [-0.2, -0.15) is 0 Å². The van der Waals surface area contributed by atoms with Crippen molar-refractivity contribution in [1.29, 1.82) is 0 Å². The van der Waals surface area contributed by atoms with Gasteiger partial charge in [-0.25, -0.2) is 8.42 Å². The van der Waals surface area contributed by atoms with Crippen LogP contribution >= 0.6 is 23.2 Å². The third kappa shape index (κ3) is 8.09. The quantitative estimate of drug-likeness (QED) is 0.164. The molecule has 0 spiro atoms. The summed E-state index contributed by atoms with van der Waals surface area (Å²) < 4.78 is 34.9. The molecule has 0 aliphatic heterocycles. The minimum absolute atomic E-state index is 0.000963. The lowest BCUT2D eigenvalue weighted by Gasteiger charge is -2.34. The van der Waals surface area contributed by atoms with Crippen LogP contribution < -0.4 is 14.4 Å². The molecule has 1 atom stereocenters. The number of rotatable bonds is 13. The van der Waals surface area contributed by atoms with Crippen LogP contribution in [0, 0.1) is 17.0 Å². The molecule has 1 fully saturated rings. The summed E-state index contributed by atoms with van der Waals surface area (Å²) in [5.41, 5.74) is 0.486. The van der Waals surface area contributed by atoms with Gasteiger partial charge in [-0.05, 0) is 68.1 Å². The number of ether oxygens (including phenoxy) is 1. The maximum absolute atomic E-state index is 14.4. The van der Waals surface area contributed by atoms with Crippen molar-refractivity contribution in [2.45, 2.75) is 69.5 Å². The number of hydrogen-bond donors (Lipinski definition) is 1. The predicted molar refractivity (Wildman–Crippen MR) is 177 cm³/mol. The van der Waals surface area contributed by atoms with E-state index in [0.29, 0.717) is 10.6 Å². The van der Waals surface area contributed by atoms with Crippen LogP contribution in [0.1, 0.15) is 50.2 Å². The number of nitrogens with zero attached hydrogens (tertiary/aromatic N) is 3. The van der Waals surface area contributed by atoms with E-state index in [1.54, 1.807) is 31.2 Å². The maximum Gasteiger partial charge on any atom is 0.273 e. The van der Waals surface area contributed by atoms with E-state index in [4.69, 9.17) is 27.9 Å². The van der Waals surface area contributed by atoms with Crippen LogP contribution in [-0.4, -0.2) is 55.8 Å². The number of halogens is 2. The molecular formula is C32H36Cl2N4O7S. The lowest BCUT2D eigenvalue weighted by molar-refractivity contribution is -0.385. The number of anilines is 1. The van der Waals surface area contributed by atoms with Crippen LogP contribution in [0.4, 0.5) is 11.4 Å². The summed E-state index contributed by atoms with van der Waals surface area (Å²) in [4.78, 5) is 39.9. The van der Waals surface area contributed by atoms with Gasteiger partial charge in [-0.15, -0.1) is 0 Å². The third-order valence-corrected chi connectivity index (χ3v) is 10.3. The first-order valence-corrected chi connectivity index (χ1v) is 17.0. The normalized spacial score (nSPS) is 14.0. The number of aryl methyl sites for hydroxylation is 1. The molecule has 1 aliphatic rings. The van der Waals surface area contributed by atoms with E-state index in [2.05, 4.69) is 5.32 Å². The van der Waals surface area contributed by atoms with E-state index in [9.17, 15) is 28.1 Å². The van der Waals surface area contributed by atoms with Gasteiger partial charge in [0.05, 0.1) is 22.6 Å². The number of benzene rings is 3. The lowest BCUT2D eigenvalue weighted by Crippen LogP contribution is -2.53. The third-order valence-electron chi connectivity index (χ3n) is 8.01. The number of amides is 2. The summed E-state index contributed by atoms with van der Waals surface area (Å²) in [7, 11) is -3.29. The lowest BCUT2D eigenvalue weighted by atomic mass is 10.1. The highest BCUT2D eigenvalue weighted by Crippen LogP contribution is 2.36. The van der Waals surface area contributed by atoms with Crippen LogP contribution in [0.25, 0.3) is 0 Å². The zero-order chi connectivity index (χ0) is 33.6. The first kappa shape index (κ1) is 35.0. The van der Waals surface area contributed by atoms with Crippen LogP contribution in [0.15, 0.2) is 65.6 Å². The Kier molecular flexibility index (Phi) is 11.5. The number of nitro groups is 1. The second kappa shape index (κ2) is 15.1. The molecule has 0 bridgehead atoms. The Morgan fingerprint density at radius 2 is 1.70 bits per heavy atom. The maximum atomic E-state index is 14.4. The molecule has 3 aromatic carbocycles. The Morgan fingerprint density at radius 3 is 2.30 bits per heavy atom. The van der Waals surface area contributed by atoms with Crippen molar-refractivity contribution in [2.75, 3.05) is 18.0 Å². The molecule has 11 nitrogen and oxygen atoms in total. The fraction of sp³-hybridized carbons (Fsp3) is 0.375. The molecule has 0 radical (unpaired) electrons. The summed E-state index contributed by atoms with van der Waals surface area (Å²) in [6.45, 7) is 2.50. The first-order valence-electron chi connectivity index (χ1n) is 14.8. The molecule has 46 heavy (non-hydrogen) atoms. The Bertz CT molecular complexity index is 1700. The van der Waals surface area contributed by atoms with Gasteiger partial charge < -0.3 is 15.0 Å². The molecule has 0 heterocycles. The number of nitro benzene ring substituents is 1. The molecule has 0 unspecified atom stereocenters. The summed E-state index contributed by atoms with van der Waals surface area (Å²) in [6, 6.07) is 13.7. The van der Waals surface area contributed by atoms with Crippen molar-refractivity contribution in [3.63, 3.8) is 0 Å². The van der Waals surface area contributed by atoms with Crippen molar-refractivity contribution in [1.82, 2.24) is 10.2 Å². The number of sulfonamides is 1. The zero-order valence-electron chi connectivity index (χ0n) is 25.7. The number of methoxy groups -OCH3 is 1. The van der Waals surface area contributed by atoms with Crippen molar-refractivity contribution in [3.8, 4) is 5.75 Å². The Morgan fingerprint density at radius 1 is 1.04 bits per heavy atom. The van der Waals surface area contributed by atoms with Gasteiger partial charge in [-0.1, -0.05) is 61.2 Å². The fourth-order valence-corrected chi connectivity index (χ4v) is 7.25. The van der Waals surface area contributed by atoms with Crippen LogP contribution in [0.5, 0.6) is 5.75 Å². The molecular weight excluding hydrogens is 655 g/mol. The van der Waals surface area contributed by atoms with Crippen LogP contribution in [-0.2, 0) is 26.2 Å². The Hall–Kier alpha value is -3.87. The monoisotopic (exact) mass is 690 g/mol. The highest BCUT2D eigenvalue weighted by atomic mass is 35.5. The van der Waals surface area contributed by atoms with E-state index >= 15 is 0 Å². The predicted octanol–water partition coefficient (Wildman–Crippen LogP) is 6.28. The van der Waals surface area contributed by atoms with Crippen molar-refractivity contribution < 1.29 is 27.7 Å². The van der Waals surface area contributed by atoms with Gasteiger partial charge in [-0.3, -0.25) is 24.0 Å². The summed E-state index contributed by atoms with van der Waals surface area (Å²) in [5, 5.41) is 15.4. The highest BCUT2D eigenvalue weighted by Gasteiger charge is 2.36. The summed E-state index contributed by atoms with van der Waals surface area (Å²) in [6.07, 6.45) is 3.95. The summed E-state index contributed by atoms with van der Waals surface area (Å²) >= 11 is 12.4. The average molecular weight is 692 g/mol. The second-order valence-corrected chi connectivity index (χ2v) is 13.8. The second-order valence-electron chi connectivity index (χ2n) is 11.1.